The van der Waals surface area contributed by atoms with Crippen LogP contribution in [-0.2, 0) is 42.1 Å². The van der Waals surface area contributed by atoms with E-state index in [0.717, 1.165) is 37.8 Å². The molecule has 2 amide bonds. The number of nitrogens with one attached hydrogen (secondary N) is 1. The van der Waals surface area contributed by atoms with Crippen LogP contribution in [0, 0.1) is 0 Å². The Bertz CT molecular complexity index is 1100. The van der Waals surface area contributed by atoms with Crippen LogP contribution in [0.15, 0.2) is 21.5 Å². The lowest BCUT2D eigenvalue weighted by Gasteiger charge is -2.25. The van der Waals surface area contributed by atoms with E-state index in [4.69, 9.17) is 9.88 Å². The molecule has 2 aromatic rings. The van der Waals surface area contributed by atoms with E-state index in [9.17, 15) is 9.00 Å². The zero-order chi connectivity index (χ0) is 18.8. The molecule has 0 saturated heterocycles. The highest BCUT2D eigenvalue weighted by Gasteiger charge is 2.30. The Morgan fingerprint density at radius 3 is 2.89 bits per heavy atom. The molecule has 0 fully saturated rings. The van der Waals surface area contributed by atoms with Gasteiger partial charge in [0.15, 0.2) is 9.92 Å². The Labute approximate surface area is 157 Å². The summed E-state index contributed by atoms with van der Waals surface area (Å²) in [5, 5.41) is 12.9. The molecule has 0 radical (unpaired) electrons. The van der Waals surface area contributed by atoms with Gasteiger partial charge in [0.25, 0.3) is 0 Å². The molecule has 3 N–H and O–H groups in total. The normalized spacial score (nSPS) is 21.3. The second-order valence-corrected chi connectivity index (χ2v) is 9.15. The Morgan fingerprint density at radius 2 is 2.11 bits per heavy atom. The number of fused-ring (bicyclic) bond motifs is 3. The molecule has 5 rings (SSSR count). The van der Waals surface area contributed by atoms with Crippen molar-refractivity contribution in [2.24, 2.45) is 9.50 Å². The largest absolute Gasteiger partial charge is 0.472 e. The number of aryl methyl sites for hydroxylation is 2. The van der Waals surface area contributed by atoms with Crippen molar-refractivity contribution in [3.8, 4) is 5.88 Å². The predicted molar refractivity (Wildman–Crippen MR) is 100 cm³/mol. The standard InChI is InChI=1S/C18H21N5O3S/c1-10-9-23-17(26-10)15(8-20-23)27(19,25)22-18(24)21-16-13-4-2-3-11(13)7-12-5-6-14(12)16/h7-8,10H,2-6,9H2,1H3,(H3,19,21,22,24,25)/t10-,27-/m1/s1. The number of urea groups is 1. The average molecular weight is 387 g/mol. The Morgan fingerprint density at radius 1 is 1.33 bits per heavy atom. The number of carbonyl (C=O) groups excluding carboxylic acids is 1. The van der Waals surface area contributed by atoms with Gasteiger partial charge in [-0.3, -0.25) is 0 Å². The number of carbonyl (C=O) groups is 1. The van der Waals surface area contributed by atoms with Crippen molar-refractivity contribution >= 4 is 21.6 Å². The zero-order valence-corrected chi connectivity index (χ0v) is 15.8. The molecular formula is C18H21N5O3S. The van der Waals surface area contributed by atoms with Gasteiger partial charge in [0.05, 0.1) is 12.7 Å². The fourth-order valence-corrected chi connectivity index (χ4v) is 5.17. The van der Waals surface area contributed by atoms with Crippen LogP contribution in [0.4, 0.5) is 10.5 Å². The van der Waals surface area contributed by atoms with Crippen molar-refractivity contribution in [1.29, 1.82) is 0 Å². The molecule has 142 valence electrons. The average Bonchev–Trinajstić information content (AvgIpc) is 3.24. The number of rotatable bonds is 2. The van der Waals surface area contributed by atoms with Crippen molar-refractivity contribution in [1.82, 2.24) is 9.78 Å². The Hall–Kier alpha value is -2.39. The highest BCUT2D eigenvalue weighted by atomic mass is 32.2. The first-order chi connectivity index (χ1) is 12.9. The summed E-state index contributed by atoms with van der Waals surface area (Å²) in [6.07, 6.45) is 6.33. The lowest BCUT2D eigenvalue weighted by molar-refractivity contribution is 0.248. The summed E-state index contributed by atoms with van der Waals surface area (Å²) in [6, 6.07) is 1.57. The summed E-state index contributed by atoms with van der Waals surface area (Å²) in [5.74, 6) is 0.330. The molecule has 1 aliphatic heterocycles. The van der Waals surface area contributed by atoms with Crippen molar-refractivity contribution in [2.45, 2.75) is 56.6 Å². The summed E-state index contributed by atoms with van der Waals surface area (Å²) < 4.78 is 23.9. The number of ether oxygens (including phenoxy) is 1. The molecule has 27 heavy (non-hydrogen) atoms. The van der Waals surface area contributed by atoms with Crippen LogP contribution in [0.1, 0.15) is 35.6 Å². The first-order valence-electron chi connectivity index (χ1n) is 9.17. The monoisotopic (exact) mass is 387 g/mol. The Balaban J connectivity index is 1.47. The number of hydrogen-bond donors (Lipinski definition) is 2. The Kier molecular flexibility index (Phi) is 3.60. The molecule has 0 spiro atoms. The van der Waals surface area contributed by atoms with Gasteiger partial charge in [-0.15, -0.1) is 4.36 Å². The van der Waals surface area contributed by atoms with Crippen LogP contribution in [0.5, 0.6) is 5.88 Å². The first kappa shape index (κ1) is 16.8. The molecule has 0 bridgehead atoms. The maximum Gasteiger partial charge on any atom is 0.354 e. The maximum atomic E-state index is 12.9. The molecule has 2 aliphatic carbocycles. The molecule has 8 nitrogen and oxygen atoms in total. The van der Waals surface area contributed by atoms with Crippen LogP contribution in [0.2, 0.25) is 0 Å². The van der Waals surface area contributed by atoms with Crippen molar-refractivity contribution in [3.05, 3.63) is 34.5 Å². The predicted octanol–water partition coefficient (Wildman–Crippen LogP) is 2.18. The van der Waals surface area contributed by atoms with E-state index >= 15 is 0 Å². The second-order valence-electron chi connectivity index (χ2n) is 7.40. The molecule has 3 aliphatic rings. The minimum absolute atomic E-state index is 0.0813. The molecule has 0 saturated carbocycles. The van der Waals surface area contributed by atoms with Crippen LogP contribution in [-0.4, -0.2) is 26.1 Å². The minimum atomic E-state index is -3.45. The first-order valence-corrected chi connectivity index (χ1v) is 10.7. The summed E-state index contributed by atoms with van der Waals surface area (Å²) in [5.41, 5.74) is 5.79. The van der Waals surface area contributed by atoms with Gasteiger partial charge in [-0.1, -0.05) is 6.07 Å². The quantitative estimate of drug-likeness (QED) is 0.822. The third kappa shape index (κ3) is 2.64. The van der Waals surface area contributed by atoms with Gasteiger partial charge in [0.1, 0.15) is 11.0 Å². The molecule has 2 heterocycles. The highest BCUT2D eigenvalue weighted by molar-refractivity contribution is 7.91. The fraction of sp³-hybridized carbons (Fsp3) is 0.444. The van der Waals surface area contributed by atoms with Crippen LogP contribution in [0.3, 0.4) is 0 Å². The van der Waals surface area contributed by atoms with E-state index in [1.807, 2.05) is 6.92 Å². The van der Waals surface area contributed by atoms with Gasteiger partial charge in [0.2, 0.25) is 5.88 Å². The highest BCUT2D eigenvalue weighted by Crippen LogP contribution is 2.39. The number of benzene rings is 1. The van der Waals surface area contributed by atoms with Crippen molar-refractivity contribution in [2.75, 3.05) is 5.32 Å². The van der Waals surface area contributed by atoms with E-state index < -0.39 is 15.9 Å². The summed E-state index contributed by atoms with van der Waals surface area (Å²) in [7, 11) is -3.45. The molecular weight excluding hydrogens is 366 g/mol. The van der Waals surface area contributed by atoms with E-state index in [2.05, 4.69) is 20.8 Å². The molecule has 1 aromatic heterocycles. The lowest BCUT2D eigenvalue weighted by atomic mass is 9.83. The number of aromatic nitrogens is 2. The van der Waals surface area contributed by atoms with E-state index in [1.165, 1.54) is 28.5 Å². The van der Waals surface area contributed by atoms with Gasteiger partial charge in [-0.25, -0.2) is 18.8 Å². The van der Waals surface area contributed by atoms with Gasteiger partial charge in [0, 0.05) is 5.69 Å². The fourth-order valence-electron chi connectivity index (χ4n) is 4.17. The van der Waals surface area contributed by atoms with Crippen LogP contribution in [0.25, 0.3) is 0 Å². The third-order valence-electron chi connectivity index (χ3n) is 5.51. The van der Waals surface area contributed by atoms with E-state index in [1.54, 1.807) is 4.68 Å². The lowest BCUT2D eigenvalue weighted by Crippen LogP contribution is -2.21. The number of nitrogens with two attached hydrogens (primary N) is 1. The topological polar surface area (TPSA) is 112 Å². The molecule has 1 aromatic carbocycles. The van der Waals surface area contributed by atoms with Crippen LogP contribution >= 0.6 is 0 Å². The number of anilines is 1. The second kappa shape index (κ2) is 5.80. The third-order valence-corrected chi connectivity index (χ3v) is 6.86. The minimum Gasteiger partial charge on any atom is -0.472 e. The number of hydrogen-bond acceptors (Lipinski definition) is 4. The van der Waals surface area contributed by atoms with E-state index in [0.29, 0.717) is 12.4 Å². The molecule has 2 atom stereocenters. The van der Waals surface area contributed by atoms with Gasteiger partial charge in [-0.2, -0.15) is 5.10 Å². The van der Waals surface area contributed by atoms with Crippen LogP contribution < -0.4 is 15.2 Å². The smallest absolute Gasteiger partial charge is 0.354 e. The summed E-state index contributed by atoms with van der Waals surface area (Å²) >= 11 is 0. The van der Waals surface area contributed by atoms with Gasteiger partial charge < -0.3 is 10.1 Å². The molecule has 9 heteroatoms. The SMILES string of the molecule is C[C@@H]1Cn2ncc([S@](N)(=O)=NC(=O)Nc3c4c(cc5c3CC5)CCC4)c2O1. The number of nitrogens with zero attached hydrogens (tertiary/aromatic N) is 3. The van der Waals surface area contributed by atoms with Gasteiger partial charge in [-0.05, 0) is 61.3 Å². The summed E-state index contributed by atoms with van der Waals surface area (Å²) in [6.45, 7) is 2.44. The van der Waals surface area contributed by atoms with Gasteiger partial charge >= 0.3 is 6.03 Å². The van der Waals surface area contributed by atoms with E-state index in [-0.39, 0.29) is 11.0 Å². The number of amides is 2. The maximum absolute atomic E-state index is 12.9. The van der Waals surface area contributed by atoms with Crippen molar-refractivity contribution in [3.63, 3.8) is 0 Å². The van der Waals surface area contributed by atoms with Crippen molar-refractivity contribution < 1.29 is 13.7 Å². The molecule has 0 unspecified atom stereocenters. The summed E-state index contributed by atoms with van der Waals surface area (Å²) in [4.78, 5) is 12.7. The zero-order valence-electron chi connectivity index (χ0n) is 15.0.